The third-order valence-corrected chi connectivity index (χ3v) is 6.39. The van der Waals surface area contributed by atoms with Gasteiger partial charge in [-0.2, -0.15) is 0 Å². The second kappa shape index (κ2) is 9.85. The molecule has 1 aromatic heterocycles. The molecule has 0 saturated carbocycles. The highest BCUT2D eigenvalue weighted by molar-refractivity contribution is 7.99. The number of benzene rings is 2. The molecule has 1 fully saturated rings. The van der Waals surface area contributed by atoms with Gasteiger partial charge in [-0.1, -0.05) is 65.8 Å². The predicted octanol–water partition coefficient (Wildman–Crippen LogP) is 4.37. The van der Waals surface area contributed by atoms with Crippen LogP contribution >= 0.6 is 23.4 Å². The van der Waals surface area contributed by atoms with E-state index in [2.05, 4.69) is 22.3 Å². The molecule has 2 heterocycles. The zero-order valence-corrected chi connectivity index (χ0v) is 19.1. The molecule has 0 spiro atoms. The van der Waals surface area contributed by atoms with E-state index in [1.165, 1.54) is 11.8 Å². The van der Waals surface area contributed by atoms with Gasteiger partial charge in [0.05, 0.1) is 29.5 Å². The Balaban J connectivity index is 1.57. The Morgan fingerprint density at radius 3 is 2.45 bits per heavy atom. The number of halogens is 1. The quantitative estimate of drug-likeness (QED) is 0.515. The fourth-order valence-corrected chi connectivity index (χ4v) is 4.81. The number of carbonyl (C=O) groups excluding carboxylic acids is 1. The Hall–Kier alpha value is -2.35. The Morgan fingerprint density at radius 1 is 1.06 bits per heavy atom. The monoisotopic (exact) mass is 456 g/mol. The maximum atomic E-state index is 12.8. The summed E-state index contributed by atoms with van der Waals surface area (Å²) in [5.74, 6) is 1.08. The number of carbonyl (C=O) groups is 1. The summed E-state index contributed by atoms with van der Waals surface area (Å²) in [7, 11) is 0. The lowest BCUT2D eigenvalue weighted by molar-refractivity contribution is -0.140. The van der Waals surface area contributed by atoms with Gasteiger partial charge in [0.25, 0.3) is 0 Å². The molecule has 2 atom stereocenters. The van der Waals surface area contributed by atoms with Gasteiger partial charge < -0.3 is 9.64 Å². The summed E-state index contributed by atoms with van der Waals surface area (Å²) in [4.78, 5) is 14.7. The SMILES string of the molecule is CC1CN(C(=O)CSc2nnc(-c3ccccc3Cl)n2Cc2ccccc2)CC(C)O1. The minimum atomic E-state index is 0.0475. The number of hydrogen-bond donors (Lipinski definition) is 0. The Labute approximate surface area is 191 Å². The zero-order valence-electron chi connectivity index (χ0n) is 17.6. The lowest BCUT2D eigenvalue weighted by Crippen LogP contribution is -2.48. The van der Waals surface area contributed by atoms with Crippen LogP contribution < -0.4 is 0 Å². The van der Waals surface area contributed by atoms with E-state index in [0.717, 1.165) is 11.1 Å². The van der Waals surface area contributed by atoms with Gasteiger partial charge in [0.15, 0.2) is 11.0 Å². The molecule has 1 saturated heterocycles. The Bertz CT molecular complexity index is 1030. The van der Waals surface area contributed by atoms with Gasteiger partial charge in [-0.3, -0.25) is 9.36 Å². The first-order chi connectivity index (χ1) is 15.0. The summed E-state index contributed by atoms with van der Waals surface area (Å²) in [6.45, 7) is 5.82. The molecule has 0 N–H and O–H groups in total. The van der Waals surface area contributed by atoms with E-state index in [4.69, 9.17) is 16.3 Å². The molecule has 1 aliphatic heterocycles. The van der Waals surface area contributed by atoms with Crippen LogP contribution in [0.3, 0.4) is 0 Å². The minimum Gasteiger partial charge on any atom is -0.372 e. The molecule has 162 valence electrons. The van der Waals surface area contributed by atoms with Gasteiger partial charge in [-0.05, 0) is 31.5 Å². The van der Waals surface area contributed by atoms with Crippen LogP contribution in [0.2, 0.25) is 5.02 Å². The number of thioether (sulfide) groups is 1. The van der Waals surface area contributed by atoms with Crippen molar-refractivity contribution >= 4 is 29.3 Å². The minimum absolute atomic E-state index is 0.0475. The maximum Gasteiger partial charge on any atom is 0.233 e. The summed E-state index contributed by atoms with van der Waals surface area (Å²) in [6, 6.07) is 17.7. The summed E-state index contributed by atoms with van der Waals surface area (Å²) >= 11 is 7.84. The van der Waals surface area contributed by atoms with E-state index in [1.54, 1.807) is 0 Å². The normalized spacial score (nSPS) is 18.9. The summed E-state index contributed by atoms with van der Waals surface area (Å²) < 4.78 is 7.77. The van der Waals surface area contributed by atoms with Crippen LogP contribution in [-0.4, -0.2) is 56.6 Å². The highest BCUT2D eigenvalue weighted by Gasteiger charge is 2.26. The van der Waals surface area contributed by atoms with Crippen molar-refractivity contribution in [3.8, 4) is 11.4 Å². The molecule has 8 heteroatoms. The average Bonchev–Trinajstić information content (AvgIpc) is 3.14. The van der Waals surface area contributed by atoms with Crippen molar-refractivity contribution in [3.05, 3.63) is 65.2 Å². The van der Waals surface area contributed by atoms with E-state index in [0.29, 0.717) is 41.4 Å². The third kappa shape index (κ3) is 5.29. The van der Waals surface area contributed by atoms with E-state index in [9.17, 15) is 4.79 Å². The highest BCUT2D eigenvalue weighted by Crippen LogP contribution is 2.30. The smallest absolute Gasteiger partial charge is 0.233 e. The van der Waals surface area contributed by atoms with Gasteiger partial charge in [0.1, 0.15) is 0 Å². The van der Waals surface area contributed by atoms with Gasteiger partial charge in [-0.25, -0.2) is 0 Å². The Morgan fingerprint density at radius 2 is 1.74 bits per heavy atom. The van der Waals surface area contributed by atoms with Crippen molar-refractivity contribution in [3.63, 3.8) is 0 Å². The molecule has 4 rings (SSSR count). The predicted molar refractivity (Wildman–Crippen MR) is 123 cm³/mol. The van der Waals surface area contributed by atoms with Crippen molar-refractivity contribution in [1.29, 1.82) is 0 Å². The first-order valence-electron chi connectivity index (χ1n) is 10.3. The molecule has 1 aliphatic rings. The zero-order chi connectivity index (χ0) is 21.8. The molecule has 2 unspecified atom stereocenters. The fourth-order valence-electron chi connectivity index (χ4n) is 3.74. The van der Waals surface area contributed by atoms with E-state index < -0.39 is 0 Å². The molecule has 0 aliphatic carbocycles. The van der Waals surface area contributed by atoms with Crippen LogP contribution in [0.4, 0.5) is 0 Å². The number of morpholine rings is 1. The second-order valence-corrected chi connectivity index (χ2v) is 9.05. The molecule has 0 radical (unpaired) electrons. The van der Waals surface area contributed by atoms with Crippen LogP contribution in [-0.2, 0) is 16.1 Å². The van der Waals surface area contributed by atoms with E-state index in [-0.39, 0.29) is 18.1 Å². The van der Waals surface area contributed by atoms with Crippen LogP contribution in [0.15, 0.2) is 59.8 Å². The number of rotatable bonds is 6. The number of ether oxygens (including phenoxy) is 1. The first-order valence-corrected chi connectivity index (χ1v) is 11.7. The summed E-state index contributed by atoms with van der Waals surface area (Å²) in [6.07, 6.45) is 0.0949. The molecule has 0 bridgehead atoms. The summed E-state index contributed by atoms with van der Waals surface area (Å²) in [5.41, 5.74) is 1.95. The third-order valence-electron chi connectivity index (χ3n) is 5.11. The van der Waals surface area contributed by atoms with Crippen LogP contribution in [0.1, 0.15) is 19.4 Å². The van der Waals surface area contributed by atoms with Gasteiger partial charge in [0, 0.05) is 18.7 Å². The number of nitrogens with zero attached hydrogens (tertiary/aromatic N) is 4. The van der Waals surface area contributed by atoms with Gasteiger partial charge in [0.2, 0.25) is 5.91 Å². The molecular formula is C23H25ClN4O2S. The van der Waals surface area contributed by atoms with E-state index in [1.807, 2.05) is 65.8 Å². The molecule has 1 amide bonds. The fraction of sp³-hybridized carbons (Fsp3) is 0.348. The average molecular weight is 457 g/mol. The van der Waals surface area contributed by atoms with Crippen LogP contribution in [0, 0.1) is 0 Å². The van der Waals surface area contributed by atoms with Gasteiger partial charge in [-0.15, -0.1) is 10.2 Å². The second-order valence-electron chi connectivity index (χ2n) is 7.70. The first kappa shape index (κ1) is 21.9. The van der Waals surface area contributed by atoms with Crippen molar-refractivity contribution in [2.75, 3.05) is 18.8 Å². The van der Waals surface area contributed by atoms with Crippen molar-refractivity contribution in [2.24, 2.45) is 0 Å². The van der Waals surface area contributed by atoms with Gasteiger partial charge >= 0.3 is 0 Å². The largest absolute Gasteiger partial charge is 0.372 e. The molecular weight excluding hydrogens is 432 g/mol. The van der Waals surface area contributed by atoms with Crippen molar-refractivity contribution in [2.45, 2.75) is 37.8 Å². The van der Waals surface area contributed by atoms with Crippen molar-refractivity contribution in [1.82, 2.24) is 19.7 Å². The number of aromatic nitrogens is 3. The molecule has 6 nitrogen and oxygen atoms in total. The van der Waals surface area contributed by atoms with Crippen LogP contribution in [0.5, 0.6) is 0 Å². The Kier molecular flexibility index (Phi) is 6.95. The highest BCUT2D eigenvalue weighted by atomic mass is 35.5. The lowest BCUT2D eigenvalue weighted by Gasteiger charge is -2.35. The molecule has 2 aromatic carbocycles. The number of hydrogen-bond acceptors (Lipinski definition) is 5. The van der Waals surface area contributed by atoms with Crippen LogP contribution in [0.25, 0.3) is 11.4 Å². The maximum absolute atomic E-state index is 12.8. The summed E-state index contributed by atoms with van der Waals surface area (Å²) in [5, 5.41) is 10.1. The van der Waals surface area contributed by atoms with Crippen molar-refractivity contribution < 1.29 is 9.53 Å². The molecule has 3 aromatic rings. The topological polar surface area (TPSA) is 60.2 Å². The van der Waals surface area contributed by atoms with E-state index >= 15 is 0 Å². The lowest BCUT2D eigenvalue weighted by atomic mass is 10.2. The number of amides is 1. The standard InChI is InChI=1S/C23H25ClN4O2S/c1-16-12-27(13-17(2)30-16)21(29)15-31-23-26-25-22(19-10-6-7-11-20(19)24)28(23)14-18-8-4-3-5-9-18/h3-11,16-17H,12-15H2,1-2H3. The molecule has 31 heavy (non-hydrogen) atoms.